The molecule has 0 aromatic heterocycles. The number of nitrogens with zero attached hydrogens (tertiary/aromatic N) is 2. The second-order valence-electron chi connectivity index (χ2n) is 3.31. The summed E-state index contributed by atoms with van der Waals surface area (Å²) < 4.78 is 0.855. The minimum Gasteiger partial charge on any atom is -0.304 e. The van der Waals surface area contributed by atoms with Gasteiger partial charge in [0.1, 0.15) is 5.84 Å². The first-order chi connectivity index (χ1) is 6.91. The van der Waals surface area contributed by atoms with Gasteiger partial charge in [-0.2, -0.15) is 0 Å². The van der Waals surface area contributed by atoms with Crippen LogP contribution in [0.25, 0.3) is 0 Å². The number of thiocarbonyl (C=S) groups is 1. The van der Waals surface area contributed by atoms with Crippen molar-refractivity contribution in [2.75, 3.05) is 20.6 Å². The Morgan fingerprint density at radius 2 is 2.07 bits per heavy atom. The summed E-state index contributed by atoms with van der Waals surface area (Å²) in [5, 5.41) is 7.56. The van der Waals surface area contributed by atoms with Gasteiger partial charge in [0.05, 0.1) is 0 Å². The van der Waals surface area contributed by atoms with Crippen LogP contribution in [0.15, 0.2) is 16.0 Å². The summed E-state index contributed by atoms with van der Waals surface area (Å²) in [6, 6.07) is 0. The molecule has 1 N–H and O–H groups in total. The number of thioether (sulfide) groups is 1. The molecule has 0 unspecified atom stereocenters. The molecule has 0 rings (SSSR count). The van der Waals surface area contributed by atoms with E-state index in [1.807, 2.05) is 32.8 Å². The second-order valence-corrected chi connectivity index (χ2v) is 5.64. The molecule has 0 bridgehead atoms. The van der Waals surface area contributed by atoms with Gasteiger partial charge in [0, 0.05) is 17.0 Å². The first-order valence-electron chi connectivity index (χ1n) is 4.54. The van der Waals surface area contributed by atoms with E-state index in [2.05, 4.69) is 4.99 Å². The summed E-state index contributed by atoms with van der Waals surface area (Å²) in [6.45, 7) is 4.54. The van der Waals surface area contributed by atoms with Gasteiger partial charge in [-0.05, 0) is 38.9 Å². The van der Waals surface area contributed by atoms with Crippen LogP contribution < -0.4 is 0 Å². The normalized spacial score (nSPS) is 12.5. The van der Waals surface area contributed by atoms with Gasteiger partial charge < -0.3 is 4.90 Å². The zero-order chi connectivity index (χ0) is 11.8. The van der Waals surface area contributed by atoms with Crippen molar-refractivity contribution >= 4 is 40.2 Å². The summed E-state index contributed by atoms with van der Waals surface area (Å²) in [5.74, 6) is 0.262. The summed E-state index contributed by atoms with van der Waals surface area (Å²) >= 11 is 6.44. The Hall–Kier alpha value is -0.520. The van der Waals surface area contributed by atoms with Gasteiger partial charge >= 0.3 is 0 Å². The van der Waals surface area contributed by atoms with E-state index in [0.29, 0.717) is 0 Å². The molecule has 0 aliphatic rings. The summed E-state index contributed by atoms with van der Waals surface area (Å²) in [4.78, 5) is 6.98. The third kappa shape index (κ3) is 9.78. The van der Waals surface area contributed by atoms with E-state index >= 15 is 0 Å². The molecule has 84 valence electrons. The Labute approximate surface area is 101 Å². The van der Waals surface area contributed by atoms with Gasteiger partial charge in [0.2, 0.25) is 0 Å². The molecular formula is C10H17N3S2. The molecule has 15 heavy (non-hydrogen) atoms. The highest BCUT2D eigenvalue weighted by Gasteiger charge is 1.94. The predicted molar refractivity (Wildman–Crippen MR) is 74.4 cm³/mol. The first-order valence-corrected chi connectivity index (χ1v) is 5.77. The van der Waals surface area contributed by atoms with E-state index in [-0.39, 0.29) is 5.84 Å². The zero-order valence-corrected chi connectivity index (χ0v) is 11.2. The number of hydrogen-bond donors (Lipinski definition) is 1. The molecule has 0 saturated carbocycles. The quantitative estimate of drug-likeness (QED) is 0.468. The Morgan fingerprint density at radius 3 is 2.53 bits per heavy atom. The van der Waals surface area contributed by atoms with Crippen LogP contribution in [0.2, 0.25) is 0 Å². The summed E-state index contributed by atoms with van der Waals surface area (Å²) in [6.07, 6.45) is 3.44. The minimum atomic E-state index is 0.262. The lowest BCUT2D eigenvalue weighted by Crippen LogP contribution is -2.14. The molecule has 0 fully saturated rings. The molecule has 0 atom stereocenters. The van der Waals surface area contributed by atoms with Crippen molar-refractivity contribution in [1.82, 2.24) is 4.90 Å². The van der Waals surface area contributed by atoms with Crippen LogP contribution in [0.1, 0.15) is 13.8 Å². The number of nitrogens with one attached hydrogen (secondary N) is 1. The van der Waals surface area contributed by atoms with Crippen LogP contribution in [-0.4, -0.2) is 41.8 Å². The number of hydrogen-bond acceptors (Lipinski definition) is 4. The molecule has 0 amide bonds. The predicted octanol–water partition coefficient (Wildman–Crippen LogP) is 2.58. The maximum atomic E-state index is 7.56. The standard InChI is InChI=1S/C10H17N3S2/c1-8(15-9(2)14)7-10(11)12-5-6-13(3)4/h5,7,11H,6H2,1-4H3/b8-7-,11-10?,12-5?. The van der Waals surface area contributed by atoms with Crippen molar-refractivity contribution < 1.29 is 0 Å². The van der Waals surface area contributed by atoms with Crippen LogP contribution in [0.3, 0.4) is 0 Å². The van der Waals surface area contributed by atoms with E-state index in [9.17, 15) is 0 Å². The Morgan fingerprint density at radius 1 is 1.47 bits per heavy atom. The average Bonchev–Trinajstić information content (AvgIpc) is 2.00. The minimum absolute atomic E-state index is 0.262. The van der Waals surface area contributed by atoms with Crippen molar-refractivity contribution in [3.8, 4) is 0 Å². The van der Waals surface area contributed by atoms with Gasteiger partial charge in [0.25, 0.3) is 0 Å². The Balaban J connectivity index is 4.12. The second kappa shape index (κ2) is 7.73. The van der Waals surface area contributed by atoms with Crippen LogP contribution >= 0.6 is 24.0 Å². The maximum absolute atomic E-state index is 7.56. The molecule has 0 aliphatic heterocycles. The monoisotopic (exact) mass is 243 g/mol. The highest BCUT2D eigenvalue weighted by Crippen LogP contribution is 2.16. The number of allylic oxidation sites excluding steroid dienone is 1. The third-order valence-electron chi connectivity index (χ3n) is 1.32. The molecule has 0 radical (unpaired) electrons. The van der Waals surface area contributed by atoms with Crippen LogP contribution in [0, 0.1) is 5.41 Å². The van der Waals surface area contributed by atoms with Crippen molar-refractivity contribution in [3.05, 3.63) is 11.0 Å². The molecule has 5 heteroatoms. The maximum Gasteiger partial charge on any atom is 0.144 e. The first kappa shape index (κ1) is 14.5. The smallest absolute Gasteiger partial charge is 0.144 e. The molecule has 0 saturated heterocycles. The number of rotatable bonds is 4. The Kier molecular flexibility index (Phi) is 7.46. The molecule has 0 spiro atoms. The molecule has 0 aromatic rings. The lowest BCUT2D eigenvalue weighted by atomic mass is 10.5. The molecular weight excluding hydrogens is 226 g/mol. The lowest BCUT2D eigenvalue weighted by molar-refractivity contribution is 0.474. The van der Waals surface area contributed by atoms with E-state index < -0.39 is 0 Å². The fourth-order valence-corrected chi connectivity index (χ4v) is 1.81. The highest BCUT2D eigenvalue weighted by atomic mass is 32.2. The zero-order valence-electron chi connectivity index (χ0n) is 9.57. The van der Waals surface area contributed by atoms with Gasteiger partial charge in [-0.3, -0.25) is 5.41 Å². The number of amidine groups is 1. The fourth-order valence-electron chi connectivity index (χ4n) is 0.788. The summed E-state index contributed by atoms with van der Waals surface area (Å²) in [5.41, 5.74) is 0. The van der Waals surface area contributed by atoms with Crippen molar-refractivity contribution in [1.29, 1.82) is 5.41 Å². The van der Waals surface area contributed by atoms with Gasteiger partial charge in [-0.25, -0.2) is 4.99 Å². The molecule has 0 aromatic carbocycles. The lowest BCUT2D eigenvalue weighted by Gasteiger charge is -2.02. The fraction of sp³-hybridized carbons (Fsp3) is 0.500. The van der Waals surface area contributed by atoms with Gasteiger partial charge in [-0.15, -0.1) is 0 Å². The van der Waals surface area contributed by atoms with Crippen molar-refractivity contribution in [3.63, 3.8) is 0 Å². The van der Waals surface area contributed by atoms with Crippen LogP contribution in [0.4, 0.5) is 0 Å². The third-order valence-corrected chi connectivity index (χ3v) is 2.30. The number of aliphatic imine (C=N–C) groups is 1. The average molecular weight is 243 g/mol. The topological polar surface area (TPSA) is 39.5 Å². The van der Waals surface area contributed by atoms with Crippen molar-refractivity contribution in [2.24, 2.45) is 4.99 Å². The van der Waals surface area contributed by atoms with Gasteiger partial charge in [-0.1, -0.05) is 24.0 Å². The largest absolute Gasteiger partial charge is 0.304 e. The van der Waals surface area contributed by atoms with Crippen LogP contribution in [0.5, 0.6) is 0 Å². The van der Waals surface area contributed by atoms with Crippen LogP contribution in [-0.2, 0) is 0 Å². The van der Waals surface area contributed by atoms with E-state index in [0.717, 1.165) is 15.6 Å². The SMILES string of the molecule is CC(=S)S/C(C)=C\C(=N)N=CCN(C)C. The Bertz CT molecular complexity index is 293. The van der Waals surface area contributed by atoms with Crippen molar-refractivity contribution in [2.45, 2.75) is 13.8 Å². The van der Waals surface area contributed by atoms with E-state index in [4.69, 9.17) is 17.6 Å². The highest BCUT2D eigenvalue weighted by molar-refractivity contribution is 8.25. The van der Waals surface area contributed by atoms with Gasteiger partial charge in [0.15, 0.2) is 0 Å². The van der Waals surface area contributed by atoms with E-state index in [1.165, 1.54) is 11.8 Å². The summed E-state index contributed by atoms with van der Waals surface area (Å²) in [7, 11) is 3.92. The van der Waals surface area contributed by atoms with E-state index in [1.54, 1.807) is 12.3 Å². The molecule has 0 heterocycles. The molecule has 3 nitrogen and oxygen atoms in total. The molecule has 0 aliphatic carbocycles.